The Kier molecular flexibility index (Phi) is 4.28. The molecule has 0 radical (unpaired) electrons. The molecule has 0 spiro atoms. The van der Waals surface area contributed by atoms with E-state index in [4.69, 9.17) is 9.15 Å². The second-order valence-electron chi connectivity index (χ2n) is 7.26. The van der Waals surface area contributed by atoms with Gasteiger partial charge in [0.15, 0.2) is 6.73 Å². The van der Waals surface area contributed by atoms with Gasteiger partial charge in [-0.1, -0.05) is 30.3 Å². The lowest BCUT2D eigenvalue weighted by molar-refractivity contribution is 0.289. The Morgan fingerprint density at radius 3 is 2.72 bits per heavy atom. The first-order valence-corrected chi connectivity index (χ1v) is 9.60. The summed E-state index contributed by atoms with van der Waals surface area (Å²) in [5.74, 6) is 0.760. The molecule has 2 aromatic heterocycles. The Morgan fingerprint density at radius 1 is 1.07 bits per heavy atom. The van der Waals surface area contributed by atoms with Crippen LogP contribution < -0.4 is 15.3 Å². The van der Waals surface area contributed by atoms with Crippen molar-refractivity contribution in [2.75, 3.05) is 11.6 Å². The first-order valence-electron chi connectivity index (χ1n) is 9.60. The number of anilines is 1. The topological polar surface area (TPSA) is 55.6 Å². The van der Waals surface area contributed by atoms with Crippen molar-refractivity contribution < 1.29 is 9.15 Å². The molecule has 0 bridgehead atoms. The van der Waals surface area contributed by atoms with Gasteiger partial charge >= 0.3 is 5.63 Å². The Balaban J connectivity index is 1.59. The minimum Gasteiger partial charge on any atom is -0.473 e. The van der Waals surface area contributed by atoms with E-state index in [0.29, 0.717) is 30.8 Å². The van der Waals surface area contributed by atoms with Crippen LogP contribution in [0.2, 0.25) is 0 Å². The SMILES string of the molecule is Cc1c(Cc2ccccc2)c(=O)oc2c3c(ccc12)OCN(c1cccnc1)C3. The lowest BCUT2D eigenvalue weighted by Crippen LogP contribution is -2.32. The van der Waals surface area contributed by atoms with E-state index in [1.165, 1.54) is 0 Å². The summed E-state index contributed by atoms with van der Waals surface area (Å²) in [6.07, 6.45) is 4.10. The minimum atomic E-state index is -0.286. The molecule has 5 nitrogen and oxygen atoms in total. The number of rotatable bonds is 3. The van der Waals surface area contributed by atoms with Crippen LogP contribution in [0.4, 0.5) is 5.69 Å². The van der Waals surface area contributed by atoms with Gasteiger partial charge in [0.25, 0.3) is 0 Å². The van der Waals surface area contributed by atoms with Gasteiger partial charge in [-0.05, 0) is 42.3 Å². The minimum absolute atomic E-state index is 0.286. The van der Waals surface area contributed by atoms with Crippen molar-refractivity contribution in [3.8, 4) is 5.75 Å². The van der Waals surface area contributed by atoms with Gasteiger partial charge in [-0.3, -0.25) is 4.98 Å². The van der Waals surface area contributed by atoms with E-state index in [-0.39, 0.29) is 5.63 Å². The maximum absolute atomic E-state index is 12.9. The number of hydrogen-bond donors (Lipinski definition) is 0. The van der Waals surface area contributed by atoms with E-state index >= 15 is 0 Å². The molecule has 0 saturated carbocycles. The highest BCUT2D eigenvalue weighted by molar-refractivity contribution is 5.86. The molecule has 29 heavy (non-hydrogen) atoms. The van der Waals surface area contributed by atoms with E-state index in [1.54, 1.807) is 12.4 Å². The summed E-state index contributed by atoms with van der Waals surface area (Å²) in [6, 6.07) is 17.8. The molecule has 0 fully saturated rings. The van der Waals surface area contributed by atoms with E-state index in [0.717, 1.165) is 33.5 Å². The summed E-state index contributed by atoms with van der Waals surface area (Å²) in [5.41, 5.74) is 4.93. The van der Waals surface area contributed by atoms with Crippen molar-refractivity contribution >= 4 is 16.7 Å². The third kappa shape index (κ3) is 3.14. The monoisotopic (exact) mass is 384 g/mol. The standard InChI is InChI=1S/C24H20N2O3/c1-16-19-9-10-22-21(14-26(15-28-22)18-8-5-11-25-13-18)23(19)29-24(27)20(16)12-17-6-3-2-4-7-17/h2-11,13H,12,14-15H2,1H3. The van der Waals surface area contributed by atoms with Gasteiger partial charge in [0.1, 0.15) is 11.3 Å². The average Bonchev–Trinajstić information content (AvgIpc) is 2.77. The van der Waals surface area contributed by atoms with Crippen molar-refractivity contribution in [1.82, 2.24) is 4.98 Å². The summed E-state index contributed by atoms with van der Waals surface area (Å²) in [6.45, 7) is 3.02. The number of ether oxygens (including phenoxy) is 1. The molecule has 4 aromatic rings. The van der Waals surface area contributed by atoms with Crippen molar-refractivity contribution in [3.05, 3.63) is 99.7 Å². The quantitative estimate of drug-likeness (QED) is 0.489. The van der Waals surface area contributed by atoms with Gasteiger partial charge in [-0.15, -0.1) is 0 Å². The fraction of sp³-hybridized carbons (Fsp3) is 0.167. The molecule has 0 amide bonds. The molecular weight excluding hydrogens is 364 g/mol. The number of fused-ring (bicyclic) bond motifs is 3. The van der Waals surface area contributed by atoms with Crippen molar-refractivity contribution in [2.45, 2.75) is 19.9 Å². The highest BCUT2D eigenvalue weighted by Gasteiger charge is 2.23. The van der Waals surface area contributed by atoms with Gasteiger partial charge in [-0.2, -0.15) is 0 Å². The van der Waals surface area contributed by atoms with Crippen LogP contribution in [-0.4, -0.2) is 11.7 Å². The third-order valence-corrected chi connectivity index (χ3v) is 5.48. The van der Waals surface area contributed by atoms with Crippen molar-refractivity contribution in [3.63, 3.8) is 0 Å². The van der Waals surface area contributed by atoms with Crippen LogP contribution in [0.15, 0.2) is 76.2 Å². The molecule has 1 aliphatic heterocycles. The van der Waals surface area contributed by atoms with Gasteiger partial charge < -0.3 is 14.1 Å². The van der Waals surface area contributed by atoms with Crippen LogP contribution in [0.25, 0.3) is 11.0 Å². The normalized spacial score (nSPS) is 13.2. The Hall–Kier alpha value is -3.60. The molecular formula is C24H20N2O3. The second kappa shape index (κ2) is 7.09. The van der Waals surface area contributed by atoms with Crippen LogP contribution in [-0.2, 0) is 13.0 Å². The zero-order valence-electron chi connectivity index (χ0n) is 16.1. The Bertz CT molecular complexity index is 1230. The second-order valence-corrected chi connectivity index (χ2v) is 7.26. The molecule has 5 heteroatoms. The fourth-order valence-corrected chi connectivity index (χ4v) is 3.87. The van der Waals surface area contributed by atoms with Gasteiger partial charge in [0.2, 0.25) is 0 Å². The Labute approximate surface area is 168 Å². The molecule has 2 aromatic carbocycles. The summed E-state index contributed by atoms with van der Waals surface area (Å²) in [4.78, 5) is 19.1. The number of pyridine rings is 1. The third-order valence-electron chi connectivity index (χ3n) is 5.48. The molecule has 3 heterocycles. The lowest BCUT2D eigenvalue weighted by atomic mass is 9.98. The van der Waals surface area contributed by atoms with Crippen LogP contribution in [0.5, 0.6) is 5.75 Å². The molecule has 0 N–H and O–H groups in total. The van der Waals surface area contributed by atoms with Gasteiger partial charge in [0, 0.05) is 23.6 Å². The highest BCUT2D eigenvalue weighted by Crippen LogP contribution is 2.35. The maximum Gasteiger partial charge on any atom is 0.340 e. The van der Waals surface area contributed by atoms with Gasteiger partial charge in [0.05, 0.1) is 24.0 Å². The summed E-state index contributed by atoms with van der Waals surface area (Å²) >= 11 is 0. The van der Waals surface area contributed by atoms with Crippen LogP contribution in [0.1, 0.15) is 22.3 Å². The molecule has 0 saturated heterocycles. The Morgan fingerprint density at radius 2 is 1.93 bits per heavy atom. The first-order chi connectivity index (χ1) is 14.2. The molecule has 0 unspecified atom stereocenters. The van der Waals surface area contributed by atoms with Crippen molar-refractivity contribution in [2.24, 2.45) is 0 Å². The van der Waals surface area contributed by atoms with E-state index in [9.17, 15) is 4.79 Å². The van der Waals surface area contributed by atoms with E-state index in [1.807, 2.05) is 61.5 Å². The average molecular weight is 384 g/mol. The maximum atomic E-state index is 12.9. The van der Waals surface area contributed by atoms with Crippen LogP contribution in [0.3, 0.4) is 0 Å². The summed E-state index contributed by atoms with van der Waals surface area (Å²) in [5, 5.41) is 0.950. The number of nitrogens with zero attached hydrogens (tertiary/aromatic N) is 2. The van der Waals surface area contributed by atoms with Crippen LogP contribution >= 0.6 is 0 Å². The smallest absolute Gasteiger partial charge is 0.340 e. The van der Waals surface area contributed by atoms with E-state index in [2.05, 4.69) is 9.88 Å². The predicted molar refractivity (Wildman–Crippen MR) is 112 cm³/mol. The highest BCUT2D eigenvalue weighted by atomic mass is 16.5. The first kappa shape index (κ1) is 17.5. The largest absolute Gasteiger partial charge is 0.473 e. The molecule has 1 aliphatic rings. The summed E-state index contributed by atoms with van der Waals surface area (Å²) in [7, 11) is 0. The number of benzene rings is 2. The molecule has 5 rings (SSSR count). The van der Waals surface area contributed by atoms with Crippen molar-refractivity contribution in [1.29, 1.82) is 0 Å². The molecule has 0 atom stereocenters. The summed E-state index contributed by atoms with van der Waals surface area (Å²) < 4.78 is 11.8. The van der Waals surface area contributed by atoms with Gasteiger partial charge in [-0.25, -0.2) is 4.79 Å². The number of hydrogen-bond acceptors (Lipinski definition) is 5. The predicted octanol–water partition coefficient (Wildman–Crippen LogP) is 4.44. The molecule has 0 aliphatic carbocycles. The fourth-order valence-electron chi connectivity index (χ4n) is 3.87. The lowest BCUT2D eigenvalue weighted by Gasteiger charge is -2.30. The zero-order valence-corrected chi connectivity index (χ0v) is 16.1. The number of aryl methyl sites for hydroxylation is 1. The zero-order chi connectivity index (χ0) is 19.8. The van der Waals surface area contributed by atoms with Crippen LogP contribution in [0, 0.1) is 6.92 Å². The van der Waals surface area contributed by atoms with E-state index < -0.39 is 0 Å². The number of aromatic nitrogens is 1. The molecule has 144 valence electrons.